The summed E-state index contributed by atoms with van der Waals surface area (Å²) in [6.07, 6.45) is 1.58. The lowest BCUT2D eigenvalue weighted by Gasteiger charge is -2.04. The van der Waals surface area contributed by atoms with E-state index in [4.69, 9.17) is 5.26 Å². The second-order valence-corrected chi connectivity index (χ2v) is 5.79. The summed E-state index contributed by atoms with van der Waals surface area (Å²) in [6.45, 7) is 1.99. The number of hydrogen-bond acceptors (Lipinski definition) is 2. The predicted molar refractivity (Wildman–Crippen MR) is 92.6 cm³/mol. The van der Waals surface area contributed by atoms with E-state index >= 15 is 0 Å². The molecule has 104 valence electrons. The first-order chi connectivity index (χ1) is 10.1. The number of nitrogens with one attached hydrogen (secondary N) is 1. The van der Waals surface area contributed by atoms with Gasteiger partial charge in [-0.05, 0) is 65.4 Å². The van der Waals surface area contributed by atoms with Gasteiger partial charge in [-0.1, -0.05) is 29.8 Å². The van der Waals surface area contributed by atoms with Crippen molar-refractivity contribution in [2.75, 3.05) is 5.32 Å². The van der Waals surface area contributed by atoms with Crippen LogP contribution in [0.2, 0.25) is 0 Å². The van der Waals surface area contributed by atoms with Gasteiger partial charge in [0.25, 0.3) is 5.91 Å². The van der Waals surface area contributed by atoms with Crippen LogP contribution in [0.25, 0.3) is 6.08 Å². The Balaban J connectivity index is 2.17. The van der Waals surface area contributed by atoms with Gasteiger partial charge in [0.05, 0.1) is 0 Å². The number of hydrogen-bond donors (Lipinski definition) is 1. The molecule has 3 nitrogen and oxygen atoms in total. The Hall–Kier alpha value is -2.13. The van der Waals surface area contributed by atoms with Gasteiger partial charge in [0.1, 0.15) is 11.6 Å². The standard InChI is InChI=1S/C17H13IN2O/c1-12-2-4-13(5-3-12)10-14(11-19)17(21)20-16-8-6-15(18)7-9-16/h2-10H,1H3,(H,20,21)/b14-10-. The lowest BCUT2D eigenvalue weighted by atomic mass is 10.1. The fourth-order valence-electron chi connectivity index (χ4n) is 1.71. The molecule has 0 fully saturated rings. The van der Waals surface area contributed by atoms with Crippen LogP contribution in [0, 0.1) is 21.8 Å². The van der Waals surface area contributed by atoms with Crippen LogP contribution in [0.5, 0.6) is 0 Å². The first-order valence-corrected chi connectivity index (χ1v) is 7.42. The second kappa shape index (κ2) is 7.04. The molecular formula is C17H13IN2O. The molecular weight excluding hydrogens is 375 g/mol. The van der Waals surface area contributed by atoms with E-state index in [0.717, 1.165) is 14.7 Å². The van der Waals surface area contributed by atoms with Gasteiger partial charge in [-0.25, -0.2) is 0 Å². The van der Waals surface area contributed by atoms with Gasteiger partial charge in [0.15, 0.2) is 0 Å². The average Bonchev–Trinajstić information content (AvgIpc) is 2.49. The van der Waals surface area contributed by atoms with E-state index in [1.807, 2.05) is 49.4 Å². The molecule has 2 aromatic carbocycles. The maximum absolute atomic E-state index is 12.1. The van der Waals surface area contributed by atoms with E-state index in [0.29, 0.717) is 5.69 Å². The lowest BCUT2D eigenvalue weighted by molar-refractivity contribution is -0.112. The summed E-state index contributed by atoms with van der Waals surface area (Å²) >= 11 is 2.19. The molecule has 0 unspecified atom stereocenters. The molecule has 1 N–H and O–H groups in total. The van der Waals surface area contributed by atoms with Crippen molar-refractivity contribution in [2.45, 2.75) is 6.92 Å². The molecule has 1 amide bonds. The average molecular weight is 388 g/mol. The van der Waals surface area contributed by atoms with Crippen molar-refractivity contribution in [3.8, 4) is 6.07 Å². The van der Waals surface area contributed by atoms with Crippen LogP contribution < -0.4 is 5.32 Å². The molecule has 0 saturated carbocycles. The zero-order valence-corrected chi connectivity index (χ0v) is 13.6. The number of benzene rings is 2. The number of rotatable bonds is 3. The number of carbonyl (C=O) groups is 1. The number of anilines is 1. The second-order valence-electron chi connectivity index (χ2n) is 4.54. The van der Waals surface area contributed by atoms with Gasteiger partial charge in [0, 0.05) is 9.26 Å². The molecule has 0 spiro atoms. The largest absolute Gasteiger partial charge is 0.321 e. The van der Waals surface area contributed by atoms with Crippen molar-refractivity contribution in [3.63, 3.8) is 0 Å². The third-order valence-corrected chi connectivity index (χ3v) is 3.57. The highest BCUT2D eigenvalue weighted by Crippen LogP contribution is 2.14. The van der Waals surface area contributed by atoms with Crippen LogP contribution in [0.1, 0.15) is 11.1 Å². The topological polar surface area (TPSA) is 52.9 Å². The van der Waals surface area contributed by atoms with Crippen LogP contribution >= 0.6 is 22.6 Å². The van der Waals surface area contributed by atoms with Crippen LogP contribution in [0.3, 0.4) is 0 Å². The maximum atomic E-state index is 12.1. The molecule has 0 radical (unpaired) electrons. The number of nitriles is 1. The van der Waals surface area contributed by atoms with Crippen LogP contribution in [0.4, 0.5) is 5.69 Å². The smallest absolute Gasteiger partial charge is 0.266 e. The van der Waals surface area contributed by atoms with Gasteiger partial charge in [0.2, 0.25) is 0 Å². The van der Waals surface area contributed by atoms with Gasteiger partial charge in [-0.2, -0.15) is 5.26 Å². The molecule has 0 atom stereocenters. The van der Waals surface area contributed by atoms with Crippen molar-refractivity contribution >= 4 is 40.3 Å². The Morgan fingerprint density at radius 2 is 1.76 bits per heavy atom. The summed E-state index contributed by atoms with van der Waals surface area (Å²) < 4.78 is 1.08. The van der Waals surface area contributed by atoms with E-state index < -0.39 is 5.91 Å². The zero-order valence-electron chi connectivity index (χ0n) is 11.4. The summed E-state index contributed by atoms with van der Waals surface area (Å²) in [6, 6.07) is 17.0. The number of aryl methyl sites for hydroxylation is 1. The lowest BCUT2D eigenvalue weighted by Crippen LogP contribution is -2.13. The SMILES string of the molecule is Cc1ccc(/C=C(/C#N)C(=O)Nc2ccc(I)cc2)cc1. The maximum Gasteiger partial charge on any atom is 0.266 e. The van der Waals surface area contributed by atoms with E-state index in [-0.39, 0.29) is 5.57 Å². The van der Waals surface area contributed by atoms with Crippen molar-refractivity contribution in [1.29, 1.82) is 5.26 Å². The molecule has 0 aliphatic rings. The zero-order chi connectivity index (χ0) is 15.2. The minimum absolute atomic E-state index is 0.0809. The first kappa shape index (κ1) is 15.3. The minimum atomic E-state index is -0.403. The Kier molecular flexibility index (Phi) is 5.12. The monoisotopic (exact) mass is 388 g/mol. The Labute approximate surface area is 137 Å². The van der Waals surface area contributed by atoms with Crippen molar-refractivity contribution in [2.24, 2.45) is 0 Å². The fourth-order valence-corrected chi connectivity index (χ4v) is 2.07. The van der Waals surface area contributed by atoms with Crippen LogP contribution in [-0.2, 0) is 4.79 Å². The summed E-state index contributed by atoms with van der Waals surface area (Å²) in [4.78, 5) is 12.1. The van der Waals surface area contributed by atoms with Crippen LogP contribution in [-0.4, -0.2) is 5.91 Å². The minimum Gasteiger partial charge on any atom is -0.321 e. The molecule has 0 aliphatic heterocycles. The molecule has 0 heterocycles. The number of halogens is 1. The third kappa shape index (κ3) is 4.43. The normalized spacial score (nSPS) is 10.8. The van der Waals surface area contributed by atoms with Crippen molar-refractivity contribution in [3.05, 3.63) is 68.8 Å². The van der Waals surface area contributed by atoms with E-state index in [9.17, 15) is 4.79 Å². The molecule has 0 bridgehead atoms. The summed E-state index contributed by atoms with van der Waals surface area (Å²) in [5.41, 5.74) is 2.71. The Bertz CT molecular complexity index is 710. The molecule has 2 aromatic rings. The highest BCUT2D eigenvalue weighted by Gasteiger charge is 2.09. The van der Waals surface area contributed by atoms with Gasteiger partial charge in [-0.15, -0.1) is 0 Å². The van der Waals surface area contributed by atoms with Crippen molar-refractivity contribution in [1.82, 2.24) is 0 Å². The first-order valence-electron chi connectivity index (χ1n) is 6.34. The molecule has 0 aliphatic carbocycles. The van der Waals surface area contributed by atoms with E-state index in [1.54, 1.807) is 18.2 Å². The van der Waals surface area contributed by atoms with Gasteiger partial charge < -0.3 is 5.32 Å². The number of amides is 1. The summed E-state index contributed by atoms with van der Waals surface area (Å²) in [5.74, 6) is -0.403. The van der Waals surface area contributed by atoms with Gasteiger partial charge >= 0.3 is 0 Å². The number of carbonyl (C=O) groups excluding carboxylic acids is 1. The highest BCUT2D eigenvalue weighted by atomic mass is 127. The molecule has 0 aromatic heterocycles. The third-order valence-electron chi connectivity index (χ3n) is 2.86. The quantitative estimate of drug-likeness (QED) is 0.488. The Morgan fingerprint density at radius 1 is 1.14 bits per heavy atom. The highest BCUT2D eigenvalue weighted by molar-refractivity contribution is 14.1. The molecule has 2 rings (SSSR count). The van der Waals surface area contributed by atoms with Crippen molar-refractivity contribution < 1.29 is 4.79 Å². The molecule has 21 heavy (non-hydrogen) atoms. The Morgan fingerprint density at radius 3 is 2.33 bits per heavy atom. The summed E-state index contributed by atoms with van der Waals surface area (Å²) in [5, 5.41) is 11.9. The van der Waals surface area contributed by atoms with Gasteiger partial charge in [-0.3, -0.25) is 4.79 Å². The summed E-state index contributed by atoms with van der Waals surface area (Å²) in [7, 11) is 0. The van der Waals surface area contributed by atoms with Crippen LogP contribution in [0.15, 0.2) is 54.1 Å². The number of nitrogens with zero attached hydrogens (tertiary/aromatic N) is 1. The fraction of sp³-hybridized carbons (Fsp3) is 0.0588. The molecule has 0 saturated heterocycles. The molecule has 4 heteroatoms. The van der Waals surface area contributed by atoms with E-state index in [1.165, 1.54) is 0 Å². The predicted octanol–water partition coefficient (Wildman–Crippen LogP) is 4.15. The van der Waals surface area contributed by atoms with E-state index in [2.05, 4.69) is 27.9 Å².